The SMILES string of the molecule is CCN(CC)CC(C)NC(=O)C(CC)(CC)C(N)=S. The lowest BCUT2D eigenvalue weighted by atomic mass is 9.81. The Balaban J connectivity index is 4.69. The lowest BCUT2D eigenvalue weighted by molar-refractivity contribution is -0.128. The van der Waals surface area contributed by atoms with Crippen LogP contribution in [0.5, 0.6) is 0 Å². The second-order valence-corrected chi connectivity index (χ2v) is 5.45. The fraction of sp³-hybridized carbons (Fsp3) is 0.857. The number of hydrogen-bond donors (Lipinski definition) is 2. The standard InChI is InChI=1S/C14H29N3OS/c1-6-14(7-2,12(15)19)13(18)16-11(5)10-17(8-3)9-4/h11H,6-10H2,1-5H3,(H2,15,19)(H,16,18). The molecule has 0 aromatic carbocycles. The quantitative estimate of drug-likeness (QED) is 0.636. The molecule has 19 heavy (non-hydrogen) atoms. The Hall–Kier alpha value is -0.680. The van der Waals surface area contributed by atoms with E-state index < -0.39 is 5.41 Å². The molecule has 3 N–H and O–H groups in total. The highest BCUT2D eigenvalue weighted by Gasteiger charge is 2.38. The van der Waals surface area contributed by atoms with E-state index in [9.17, 15) is 4.79 Å². The molecule has 112 valence electrons. The van der Waals surface area contributed by atoms with Crippen LogP contribution in [0.25, 0.3) is 0 Å². The Morgan fingerprint density at radius 3 is 2.05 bits per heavy atom. The van der Waals surface area contributed by atoms with Crippen molar-refractivity contribution in [3.8, 4) is 0 Å². The van der Waals surface area contributed by atoms with Crippen LogP contribution in [0, 0.1) is 5.41 Å². The highest BCUT2D eigenvalue weighted by Crippen LogP contribution is 2.27. The molecule has 0 rings (SSSR count). The summed E-state index contributed by atoms with van der Waals surface area (Å²) in [6.45, 7) is 13.0. The summed E-state index contributed by atoms with van der Waals surface area (Å²) in [7, 11) is 0. The van der Waals surface area contributed by atoms with E-state index in [0.717, 1.165) is 19.6 Å². The Morgan fingerprint density at radius 2 is 1.74 bits per heavy atom. The summed E-state index contributed by atoms with van der Waals surface area (Å²) in [6.07, 6.45) is 1.28. The van der Waals surface area contributed by atoms with E-state index in [1.165, 1.54) is 0 Å². The van der Waals surface area contributed by atoms with Gasteiger partial charge in [-0.15, -0.1) is 0 Å². The van der Waals surface area contributed by atoms with E-state index in [0.29, 0.717) is 17.8 Å². The van der Waals surface area contributed by atoms with E-state index in [2.05, 4.69) is 24.1 Å². The number of carbonyl (C=O) groups is 1. The Morgan fingerprint density at radius 1 is 1.26 bits per heavy atom. The fourth-order valence-electron chi connectivity index (χ4n) is 2.31. The molecule has 0 saturated carbocycles. The van der Waals surface area contributed by atoms with Crippen molar-refractivity contribution >= 4 is 23.1 Å². The fourth-order valence-corrected chi connectivity index (χ4v) is 2.69. The molecule has 1 atom stereocenters. The molecule has 4 nitrogen and oxygen atoms in total. The number of amides is 1. The molecule has 0 aromatic heterocycles. The second kappa shape index (κ2) is 8.48. The number of carbonyl (C=O) groups excluding carboxylic acids is 1. The van der Waals surface area contributed by atoms with E-state index in [4.69, 9.17) is 18.0 Å². The molecule has 0 aliphatic carbocycles. The third kappa shape index (κ3) is 4.73. The van der Waals surface area contributed by atoms with Crippen molar-refractivity contribution in [1.29, 1.82) is 0 Å². The summed E-state index contributed by atoms with van der Waals surface area (Å²) in [5, 5.41) is 3.06. The maximum absolute atomic E-state index is 12.4. The van der Waals surface area contributed by atoms with Crippen LogP contribution in [0.15, 0.2) is 0 Å². The summed E-state index contributed by atoms with van der Waals surface area (Å²) in [6, 6.07) is 0.0965. The maximum atomic E-state index is 12.4. The van der Waals surface area contributed by atoms with Gasteiger partial charge in [0.2, 0.25) is 5.91 Å². The van der Waals surface area contributed by atoms with E-state index in [1.54, 1.807) is 0 Å². The first-order valence-corrected chi connectivity index (χ1v) is 7.61. The van der Waals surface area contributed by atoms with Crippen molar-refractivity contribution in [1.82, 2.24) is 10.2 Å². The number of hydrogen-bond acceptors (Lipinski definition) is 3. The van der Waals surface area contributed by atoms with Crippen molar-refractivity contribution < 1.29 is 4.79 Å². The molecule has 0 radical (unpaired) electrons. The van der Waals surface area contributed by atoms with Gasteiger partial charge in [0.05, 0.1) is 10.4 Å². The number of rotatable bonds is 9. The van der Waals surface area contributed by atoms with Crippen molar-refractivity contribution in [2.24, 2.45) is 11.1 Å². The van der Waals surface area contributed by atoms with Gasteiger partial charge < -0.3 is 16.0 Å². The highest BCUT2D eigenvalue weighted by molar-refractivity contribution is 7.80. The molecule has 0 heterocycles. The Labute approximate surface area is 123 Å². The number of nitrogens with one attached hydrogen (secondary N) is 1. The van der Waals surface area contributed by atoms with Crippen LogP contribution in [-0.2, 0) is 4.79 Å². The minimum absolute atomic E-state index is 0.0374. The molecule has 1 amide bonds. The van der Waals surface area contributed by atoms with Crippen LogP contribution < -0.4 is 11.1 Å². The summed E-state index contributed by atoms with van der Waals surface area (Å²) in [4.78, 5) is 15.0. The van der Waals surface area contributed by atoms with E-state index >= 15 is 0 Å². The Kier molecular flexibility index (Phi) is 8.18. The second-order valence-electron chi connectivity index (χ2n) is 5.01. The topological polar surface area (TPSA) is 58.4 Å². The van der Waals surface area contributed by atoms with Crippen LogP contribution in [0.2, 0.25) is 0 Å². The lowest BCUT2D eigenvalue weighted by Gasteiger charge is -2.32. The van der Waals surface area contributed by atoms with Crippen LogP contribution in [0.4, 0.5) is 0 Å². The average Bonchev–Trinajstić information content (AvgIpc) is 2.37. The van der Waals surface area contributed by atoms with Crippen molar-refractivity contribution in [3.63, 3.8) is 0 Å². The van der Waals surface area contributed by atoms with Gasteiger partial charge in [0.25, 0.3) is 0 Å². The molecule has 0 saturated heterocycles. The molecular weight excluding hydrogens is 258 g/mol. The van der Waals surface area contributed by atoms with Crippen molar-refractivity contribution in [2.45, 2.75) is 53.5 Å². The number of nitrogens with zero attached hydrogens (tertiary/aromatic N) is 1. The zero-order chi connectivity index (χ0) is 15.1. The third-order valence-corrected chi connectivity index (χ3v) is 4.31. The first-order valence-electron chi connectivity index (χ1n) is 7.21. The zero-order valence-electron chi connectivity index (χ0n) is 13.0. The molecule has 0 aromatic rings. The summed E-state index contributed by atoms with van der Waals surface area (Å²) < 4.78 is 0. The van der Waals surface area contributed by atoms with Gasteiger partial charge in [-0.2, -0.15) is 0 Å². The summed E-state index contributed by atoms with van der Waals surface area (Å²) >= 11 is 5.10. The lowest BCUT2D eigenvalue weighted by Crippen LogP contribution is -2.52. The van der Waals surface area contributed by atoms with E-state index in [1.807, 2.05) is 20.8 Å². The maximum Gasteiger partial charge on any atom is 0.233 e. The minimum atomic E-state index is -0.702. The summed E-state index contributed by atoms with van der Waals surface area (Å²) in [5.74, 6) is -0.0374. The molecule has 0 aliphatic heterocycles. The van der Waals surface area contributed by atoms with Gasteiger partial charge in [0.15, 0.2) is 0 Å². The normalized spacial score (nSPS) is 13.4. The first kappa shape index (κ1) is 18.3. The first-order chi connectivity index (χ1) is 8.87. The number of likely N-dealkylation sites (N-methyl/N-ethyl adjacent to an activating group) is 1. The molecule has 5 heteroatoms. The van der Waals surface area contributed by atoms with Crippen LogP contribution >= 0.6 is 12.2 Å². The molecule has 0 spiro atoms. The number of nitrogens with two attached hydrogens (primary N) is 1. The van der Waals surface area contributed by atoms with Gasteiger partial charge in [-0.1, -0.05) is 39.9 Å². The number of thiocarbonyl (C=S) groups is 1. The van der Waals surface area contributed by atoms with Crippen molar-refractivity contribution in [2.75, 3.05) is 19.6 Å². The van der Waals surface area contributed by atoms with Crippen LogP contribution in [0.1, 0.15) is 47.5 Å². The molecule has 0 bridgehead atoms. The van der Waals surface area contributed by atoms with Crippen LogP contribution in [0.3, 0.4) is 0 Å². The molecular formula is C14H29N3OS. The predicted molar refractivity (Wildman–Crippen MR) is 85.2 cm³/mol. The third-order valence-electron chi connectivity index (χ3n) is 3.92. The van der Waals surface area contributed by atoms with Gasteiger partial charge >= 0.3 is 0 Å². The van der Waals surface area contributed by atoms with Crippen LogP contribution in [-0.4, -0.2) is 41.5 Å². The summed E-state index contributed by atoms with van der Waals surface area (Å²) in [5.41, 5.74) is 5.08. The molecule has 0 aliphatic rings. The largest absolute Gasteiger partial charge is 0.392 e. The van der Waals surface area contributed by atoms with Gasteiger partial charge in [-0.05, 0) is 32.9 Å². The minimum Gasteiger partial charge on any atom is -0.392 e. The smallest absolute Gasteiger partial charge is 0.233 e. The van der Waals surface area contributed by atoms with Gasteiger partial charge in [-0.3, -0.25) is 4.79 Å². The molecule has 1 unspecified atom stereocenters. The van der Waals surface area contributed by atoms with Gasteiger partial charge in [0.1, 0.15) is 0 Å². The predicted octanol–water partition coefficient (Wildman–Crippen LogP) is 1.93. The van der Waals surface area contributed by atoms with Gasteiger partial charge in [-0.25, -0.2) is 0 Å². The average molecular weight is 287 g/mol. The zero-order valence-corrected chi connectivity index (χ0v) is 13.8. The highest BCUT2D eigenvalue weighted by atomic mass is 32.1. The monoisotopic (exact) mass is 287 g/mol. The van der Waals surface area contributed by atoms with Gasteiger partial charge in [0, 0.05) is 12.6 Å². The van der Waals surface area contributed by atoms with Crippen molar-refractivity contribution in [3.05, 3.63) is 0 Å². The Bertz CT molecular complexity index is 299. The van der Waals surface area contributed by atoms with E-state index in [-0.39, 0.29) is 11.9 Å². The molecule has 0 fully saturated rings.